The van der Waals surface area contributed by atoms with E-state index in [1.807, 2.05) is 0 Å². The van der Waals surface area contributed by atoms with Crippen LogP contribution in [-0.2, 0) is 20.4 Å². The molecule has 2 aromatic rings. The molecule has 0 bridgehead atoms. The SMILES string of the molecule is [Re].[c-]1cnn(-c2ncccn2)c1. The van der Waals surface area contributed by atoms with Crippen LogP contribution in [0.5, 0.6) is 0 Å². The van der Waals surface area contributed by atoms with Crippen molar-refractivity contribution in [3.8, 4) is 5.95 Å². The first-order valence-electron chi connectivity index (χ1n) is 3.15. The van der Waals surface area contributed by atoms with E-state index in [4.69, 9.17) is 0 Å². The number of aromatic nitrogens is 4. The molecule has 0 amide bonds. The van der Waals surface area contributed by atoms with Crippen molar-refractivity contribution < 1.29 is 20.4 Å². The fourth-order valence-corrected chi connectivity index (χ4v) is 0.752. The molecule has 61 valence electrons. The van der Waals surface area contributed by atoms with Crippen molar-refractivity contribution in [1.82, 2.24) is 19.7 Å². The molecule has 5 heteroatoms. The first kappa shape index (κ1) is 9.04. The molecule has 0 unspecified atom stereocenters. The summed E-state index contributed by atoms with van der Waals surface area (Å²) in [6.45, 7) is 0. The second-order valence-electron chi connectivity index (χ2n) is 1.93. The van der Waals surface area contributed by atoms with E-state index in [1.54, 1.807) is 35.5 Å². The Labute approximate surface area is 83.3 Å². The number of rotatable bonds is 1. The van der Waals surface area contributed by atoms with Crippen molar-refractivity contribution >= 4 is 0 Å². The number of hydrogen-bond donors (Lipinski definition) is 0. The van der Waals surface area contributed by atoms with Gasteiger partial charge in [-0.3, -0.25) is 0 Å². The molecule has 1 radical (unpaired) electrons. The third-order valence-corrected chi connectivity index (χ3v) is 1.21. The van der Waals surface area contributed by atoms with E-state index < -0.39 is 0 Å². The smallest absolute Gasteiger partial charge is 0.247 e. The van der Waals surface area contributed by atoms with Gasteiger partial charge >= 0.3 is 0 Å². The molecule has 2 heterocycles. The Morgan fingerprint density at radius 1 is 1.25 bits per heavy atom. The Bertz CT molecular complexity index is 318. The zero-order valence-electron chi connectivity index (χ0n) is 6.05. The van der Waals surface area contributed by atoms with Crippen LogP contribution < -0.4 is 0 Å². The third-order valence-electron chi connectivity index (χ3n) is 1.21. The summed E-state index contributed by atoms with van der Waals surface area (Å²) in [7, 11) is 0. The molecule has 0 spiro atoms. The van der Waals surface area contributed by atoms with Crippen molar-refractivity contribution in [3.05, 3.63) is 36.9 Å². The van der Waals surface area contributed by atoms with E-state index in [1.165, 1.54) is 0 Å². The van der Waals surface area contributed by atoms with Crippen LogP contribution in [0.25, 0.3) is 5.95 Å². The summed E-state index contributed by atoms with van der Waals surface area (Å²) in [5.74, 6) is 0.564. The minimum atomic E-state index is 0. The van der Waals surface area contributed by atoms with Gasteiger partial charge in [0.05, 0.1) is 0 Å². The van der Waals surface area contributed by atoms with Gasteiger partial charge in [0.15, 0.2) is 0 Å². The maximum Gasteiger partial charge on any atom is 0.247 e. The summed E-state index contributed by atoms with van der Waals surface area (Å²) in [4.78, 5) is 7.98. The average Bonchev–Trinajstić information content (AvgIpc) is 2.58. The third kappa shape index (κ3) is 1.76. The van der Waals surface area contributed by atoms with Crippen LogP contribution in [0, 0.1) is 6.07 Å². The minimum Gasteiger partial charge on any atom is -0.432 e. The van der Waals surface area contributed by atoms with Crippen LogP contribution in [-0.4, -0.2) is 19.7 Å². The Morgan fingerprint density at radius 3 is 2.58 bits per heavy atom. The molecule has 2 rings (SSSR count). The fourth-order valence-electron chi connectivity index (χ4n) is 0.752. The van der Waals surface area contributed by atoms with E-state index in [0.717, 1.165) is 0 Å². The van der Waals surface area contributed by atoms with Crippen LogP contribution in [0.1, 0.15) is 0 Å². The van der Waals surface area contributed by atoms with Crippen LogP contribution in [0.2, 0.25) is 0 Å². The second-order valence-corrected chi connectivity index (χ2v) is 1.93. The molecule has 0 atom stereocenters. The number of hydrogen-bond acceptors (Lipinski definition) is 3. The molecule has 0 fully saturated rings. The van der Waals surface area contributed by atoms with Gasteiger partial charge in [0.25, 0.3) is 0 Å². The molecular weight excluding hydrogens is 326 g/mol. The normalized spacial score (nSPS) is 9.00. The molecule has 0 aliphatic carbocycles. The van der Waals surface area contributed by atoms with Gasteiger partial charge in [-0.2, -0.15) is 0 Å². The molecule has 0 N–H and O–H groups in total. The Kier molecular flexibility index (Phi) is 3.09. The zero-order chi connectivity index (χ0) is 7.52. The zero-order valence-corrected chi connectivity index (χ0v) is 8.77. The van der Waals surface area contributed by atoms with E-state index >= 15 is 0 Å². The van der Waals surface area contributed by atoms with Gasteiger partial charge in [-0.1, -0.05) is 0 Å². The maximum absolute atomic E-state index is 3.99. The van der Waals surface area contributed by atoms with Crippen molar-refractivity contribution in [2.24, 2.45) is 0 Å². The van der Waals surface area contributed by atoms with Crippen LogP contribution in [0.4, 0.5) is 0 Å². The summed E-state index contributed by atoms with van der Waals surface area (Å²) >= 11 is 0. The van der Waals surface area contributed by atoms with Gasteiger partial charge in [-0.05, 0) is 6.07 Å². The van der Waals surface area contributed by atoms with Crippen LogP contribution >= 0.6 is 0 Å². The monoisotopic (exact) mass is 332 g/mol. The molecule has 2 aromatic heterocycles. The molecular formula is C7H5N4Re-. The first-order valence-corrected chi connectivity index (χ1v) is 3.15. The predicted octanol–water partition coefficient (Wildman–Crippen LogP) is 0.460. The molecule has 0 saturated carbocycles. The summed E-state index contributed by atoms with van der Waals surface area (Å²) < 4.78 is 1.56. The predicted molar refractivity (Wildman–Crippen MR) is 38.0 cm³/mol. The van der Waals surface area contributed by atoms with Crippen molar-refractivity contribution in [2.75, 3.05) is 0 Å². The van der Waals surface area contributed by atoms with Gasteiger partial charge in [-0.25, -0.2) is 19.7 Å². The summed E-state index contributed by atoms with van der Waals surface area (Å²) in [6, 6.07) is 4.56. The number of nitrogens with zero attached hydrogens (tertiary/aromatic N) is 4. The van der Waals surface area contributed by atoms with Crippen molar-refractivity contribution in [3.63, 3.8) is 0 Å². The Hall–Kier alpha value is -1.05. The summed E-state index contributed by atoms with van der Waals surface area (Å²) in [5, 5.41) is 3.92. The topological polar surface area (TPSA) is 43.6 Å². The van der Waals surface area contributed by atoms with Crippen molar-refractivity contribution in [2.45, 2.75) is 0 Å². The fraction of sp³-hybridized carbons (Fsp3) is 0. The summed E-state index contributed by atoms with van der Waals surface area (Å²) in [6.07, 6.45) is 6.58. The van der Waals surface area contributed by atoms with Gasteiger partial charge in [0, 0.05) is 32.8 Å². The van der Waals surface area contributed by atoms with E-state index in [-0.39, 0.29) is 20.4 Å². The van der Waals surface area contributed by atoms with Gasteiger partial charge in [0.1, 0.15) is 0 Å². The molecule has 0 saturated heterocycles. The first-order chi connectivity index (χ1) is 5.47. The van der Waals surface area contributed by atoms with Gasteiger partial charge in [-0.15, -0.1) is 12.4 Å². The second kappa shape index (κ2) is 4.10. The van der Waals surface area contributed by atoms with E-state index in [9.17, 15) is 0 Å². The van der Waals surface area contributed by atoms with Crippen LogP contribution in [0.3, 0.4) is 0 Å². The standard InChI is InChI=1S/C7H5N4.Re/c1-3-8-7(9-4-1)11-6-2-5-10-11;/h1,3-6H;/q-1;. The van der Waals surface area contributed by atoms with Crippen LogP contribution in [0.15, 0.2) is 30.9 Å². The van der Waals surface area contributed by atoms with Crippen molar-refractivity contribution in [1.29, 1.82) is 0 Å². The maximum atomic E-state index is 3.99. The molecule has 0 aromatic carbocycles. The molecule has 0 aliphatic heterocycles. The molecule has 12 heavy (non-hydrogen) atoms. The molecule has 0 aliphatic rings. The van der Waals surface area contributed by atoms with Gasteiger partial charge in [0.2, 0.25) is 5.95 Å². The Balaban J connectivity index is 0.000000720. The molecule has 4 nitrogen and oxygen atoms in total. The minimum absolute atomic E-state index is 0. The van der Waals surface area contributed by atoms with E-state index in [2.05, 4.69) is 21.1 Å². The van der Waals surface area contributed by atoms with Gasteiger partial charge < -0.3 is 6.07 Å². The summed E-state index contributed by atoms with van der Waals surface area (Å²) in [5.41, 5.74) is 0. The Morgan fingerprint density at radius 2 is 2.00 bits per heavy atom. The largest absolute Gasteiger partial charge is 0.432 e. The van der Waals surface area contributed by atoms with E-state index in [0.29, 0.717) is 5.95 Å². The quantitative estimate of drug-likeness (QED) is 0.713. The average molecular weight is 331 g/mol.